The lowest BCUT2D eigenvalue weighted by Gasteiger charge is -2.62. The van der Waals surface area contributed by atoms with Gasteiger partial charge in [-0.3, -0.25) is 19.6 Å². The number of aliphatic hydroxyl groups is 2. The Labute approximate surface area is 369 Å². The van der Waals surface area contributed by atoms with Gasteiger partial charge in [-0.25, -0.2) is 0 Å². The lowest BCUT2D eigenvalue weighted by atomic mass is 9.45. The van der Waals surface area contributed by atoms with Gasteiger partial charge in [-0.1, -0.05) is 99.6 Å². The van der Waals surface area contributed by atoms with Crippen molar-refractivity contribution in [3.05, 3.63) is 131 Å². The van der Waals surface area contributed by atoms with E-state index in [0.29, 0.717) is 53.6 Å². The Balaban J connectivity index is 1.10. The number of carbonyl (C=O) groups excluding carboxylic acids is 1. The van der Waals surface area contributed by atoms with Crippen LogP contribution < -0.4 is 15.0 Å². The predicted molar refractivity (Wildman–Crippen MR) is 246 cm³/mol. The van der Waals surface area contributed by atoms with Crippen LogP contribution in [0.25, 0.3) is 11.1 Å². The number of piperazine rings is 1. The second-order valence-corrected chi connectivity index (χ2v) is 19.2. The Morgan fingerprint density at radius 2 is 1.69 bits per heavy atom. The number of hydroxylamine groups is 2. The second kappa shape index (κ2) is 18.1. The number of ether oxygens (including phenoxy) is 1. The molecule has 2 aliphatic heterocycles. The molecule has 4 aromatic rings. The van der Waals surface area contributed by atoms with Gasteiger partial charge >= 0.3 is 0 Å². The molecule has 2 bridgehead atoms. The molecule has 1 amide bonds. The molecule has 0 spiro atoms. The van der Waals surface area contributed by atoms with Crippen LogP contribution in [0.1, 0.15) is 80.6 Å². The summed E-state index contributed by atoms with van der Waals surface area (Å²) in [6.45, 7) is 14.1. The maximum absolute atomic E-state index is 14.9. The normalized spacial score (nSPS) is 27.0. The number of fused-ring (bicyclic) bond motifs is 2. The Kier molecular flexibility index (Phi) is 12.8. The first-order chi connectivity index (χ1) is 29.8. The highest BCUT2D eigenvalue weighted by Gasteiger charge is 2.56. The molecule has 0 aromatic heterocycles. The molecule has 330 valence electrons. The highest BCUT2D eigenvalue weighted by Crippen LogP contribution is 2.61. The third-order valence-electron chi connectivity index (χ3n) is 14.9. The summed E-state index contributed by atoms with van der Waals surface area (Å²) in [6.07, 6.45) is 1.07. The van der Waals surface area contributed by atoms with Gasteiger partial charge in [-0.15, -0.1) is 0 Å². The van der Waals surface area contributed by atoms with Gasteiger partial charge in [0.1, 0.15) is 11.9 Å². The van der Waals surface area contributed by atoms with Crippen molar-refractivity contribution < 1.29 is 24.6 Å². The van der Waals surface area contributed by atoms with Crippen molar-refractivity contribution in [2.45, 2.75) is 84.8 Å². The average molecular weight is 842 g/mol. The van der Waals surface area contributed by atoms with Crippen LogP contribution >= 0.6 is 0 Å². The minimum absolute atomic E-state index is 0.00568. The maximum Gasteiger partial charge on any atom is 0.254 e. The number of rotatable bonds is 13. The zero-order valence-corrected chi connectivity index (χ0v) is 37.9. The van der Waals surface area contributed by atoms with E-state index in [2.05, 4.69) is 92.5 Å². The van der Waals surface area contributed by atoms with Crippen LogP contribution in [0.2, 0.25) is 0 Å². The number of anilines is 1. The van der Waals surface area contributed by atoms with Gasteiger partial charge in [-0.05, 0) is 84.7 Å². The fraction of sp³-hybridized carbons (Fsp3) is 0.481. The van der Waals surface area contributed by atoms with E-state index in [4.69, 9.17) is 9.57 Å². The molecule has 3 aliphatic carbocycles. The first-order valence-electron chi connectivity index (χ1n) is 22.6. The van der Waals surface area contributed by atoms with Gasteiger partial charge in [-0.2, -0.15) is 0 Å². The third kappa shape index (κ3) is 8.47. The number of benzene rings is 4. The number of methoxy groups -OCH3 is 1. The van der Waals surface area contributed by atoms with Crippen molar-refractivity contribution >= 4 is 11.6 Å². The van der Waals surface area contributed by atoms with Crippen LogP contribution in [-0.4, -0.2) is 96.7 Å². The van der Waals surface area contributed by atoms with E-state index >= 15 is 0 Å². The van der Waals surface area contributed by atoms with Crippen molar-refractivity contribution in [1.29, 1.82) is 0 Å². The number of hydrogen-bond acceptors (Lipinski definition) is 9. The van der Waals surface area contributed by atoms with E-state index < -0.39 is 18.1 Å². The standard InChI is InChI=1S/C52H67N5O5/c1-33-44-27-41(52(44,4)5)28-45(33)53-34(2)49-48(35(3)59)47(32-58)62-57(49)30-38-20-15-21-43(50(38)61-8)39-24-40(26-42(25-39)54(6)7)51(60)56-23-22-55(29-36-16-11-9-12-17-36)31-46(56)37-18-13-10-14-19-37/h9-21,24-26,33,35,41,44-48,53,58-59H,22-23,27-32H2,1-8H3/t33-,35-,41+,44-,45-,46?,47-,48+/m0/s1. The molecule has 2 saturated heterocycles. The molecular formula is C52H67N5O5. The van der Waals surface area contributed by atoms with Crippen molar-refractivity contribution in [3.8, 4) is 16.9 Å². The smallest absolute Gasteiger partial charge is 0.254 e. The quantitative estimate of drug-likeness (QED) is 0.123. The Morgan fingerprint density at radius 3 is 2.34 bits per heavy atom. The molecule has 10 nitrogen and oxygen atoms in total. The van der Waals surface area contributed by atoms with Crippen LogP contribution in [-0.2, 0) is 17.9 Å². The third-order valence-corrected chi connectivity index (χ3v) is 14.9. The summed E-state index contributed by atoms with van der Waals surface area (Å²) >= 11 is 0. The first-order valence-corrected chi connectivity index (χ1v) is 22.6. The van der Waals surface area contributed by atoms with Crippen LogP contribution in [0.5, 0.6) is 5.75 Å². The monoisotopic (exact) mass is 842 g/mol. The molecule has 3 saturated carbocycles. The molecule has 5 fully saturated rings. The van der Waals surface area contributed by atoms with E-state index in [1.807, 2.05) is 71.4 Å². The number of para-hydroxylation sites is 1. The lowest BCUT2D eigenvalue weighted by Crippen LogP contribution is -2.59. The Hall–Kier alpha value is -4.87. The Morgan fingerprint density at radius 1 is 0.968 bits per heavy atom. The van der Waals surface area contributed by atoms with E-state index in [-0.39, 0.29) is 18.6 Å². The molecule has 62 heavy (non-hydrogen) atoms. The molecule has 0 radical (unpaired) electrons. The summed E-state index contributed by atoms with van der Waals surface area (Å²) in [5.41, 5.74) is 8.73. The summed E-state index contributed by atoms with van der Waals surface area (Å²) in [5.74, 6) is 2.14. The van der Waals surface area contributed by atoms with Gasteiger partial charge in [0.15, 0.2) is 0 Å². The molecule has 9 rings (SSSR count). The Bertz CT molecular complexity index is 2230. The SMILES string of the molecule is COc1c(CN2O[C@@H](CO)[C@@H]([C@H](C)O)C2=C(C)N[C@H]2C[C@H]3C[C@@H]([C@@H]2C)C3(C)C)cccc1-c1cc(C(=O)N2CCN(Cc3ccccc3)CC2c2ccccc2)cc(N(C)C)c1. The van der Waals surface area contributed by atoms with E-state index in [1.54, 1.807) is 14.0 Å². The fourth-order valence-corrected chi connectivity index (χ4v) is 11.2. The number of nitrogens with zero attached hydrogens (tertiary/aromatic N) is 4. The highest BCUT2D eigenvalue weighted by molar-refractivity contribution is 5.97. The van der Waals surface area contributed by atoms with Gasteiger partial charge in [0.05, 0.1) is 44.0 Å². The van der Waals surface area contributed by atoms with E-state index in [9.17, 15) is 15.0 Å². The molecule has 10 heteroatoms. The van der Waals surface area contributed by atoms with Crippen LogP contribution in [0.3, 0.4) is 0 Å². The van der Waals surface area contributed by atoms with Crippen LogP contribution in [0, 0.1) is 29.1 Å². The second-order valence-electron chi connectivity index (χ2n) is 19.2. The van der Waals surface area contributed by atoms with Crippen molar-refractivity contribution in [3.63, 3.8) is 0 Å². The van der Waals surface area contributed by atoms with Crippen molar-refractivity contribution in [2.24, 2.45) is 29.1 Å². The lowest BCUT2D eigenvalue weighted by molar-refractivity contribution is -0.155. The summed E-state index contributed by atoms with van der Waals surface area (Å²) in [6, 6.07) is 33.3. The zero-order valence-electron chi connectivity index (χ0n) is 37.9. The largest absolute Gasteiger partial charge is 0.496 e. The molecular weight excluding hydrogens is 775 g/mol. The number of allylic oxidation sites excluding steroid dienone is 1. The summed E-state index contributed by atoms with van der Waals surface area (Å²) in [4.78, 5) is 27.9. The first kappa shape index (κ1) is 43.8. The predicted octanol–water partition coefficient (Wildman–Crippen LogP) is 8.12. The van der Waals surface area contributed by atoms with Gasteiger partial charge in [0.2, 0.25) is 0 Å². The van der Waals surface area contributed by atoms with Gasteiger partial charge in [0.25, 0.3) is 5.91 Å². The average Bonchev–Trinajstić information content (AvgIpc) is 3.65. The number of amides is 1. The number of aliphatic hydroxyl groups excluding tert-OH is 2. The van der Waals surface area contributed by atoms with Crippen LogP contribution in [0.4, 0.5) is 5.69 Å². The molecule has 3 N–H and O–H groups in total. The summed E-state index contributed by atoms with van der Waals surface area (Å²) in [5, 5.41) is 27.5. The van der Waals surface area contributed by atoms with Gasteiger partial charge in [0, 0.05) is 74.4 Å². The zero-order chi connectivity index (χ0) is 43.9. The van der Waals surface area contributed by atoms with Gasteiger partial charge < -0.3 is 30.1 Å². The van der Waals surface area contributed by atoms with Crippen molar-refractivity contribution in [2.75, 3.05) is 52.3 Å². The number of carbonyl (C=O) groups is 1. The minimum Gasteiger partial charge on any atom is -0.496 e. The minimum atomic E-state index is -0.744. The van der Waals surface area contributed by atoms with Crippen LogP contribution in [0.15, 0.2) is 108 Å². The maximum atomic E-state index is 14.9. The topological polar surface area (TPSA) is 101 Å². The summed E-state index contributed by atoms with van der Waals surface area (Å²) < 4.78 is 6.26. The van der Waals surface area contributed by atoms with Crippen molar-refractivity contribution in [1.82, 2.24) is 20.2 Å². The molecule has 4 aromatic carbocycles. The molecule has 2 heterocycles. The van der Waals surface area contributed by atoms with E-state index in [1.165, 1.54) is 12.0 Å². The molecule has 8 atom stereocenters. The summed E-state index contributed by atoms with van der Waals surface area (Å²) in [7, 11) is 5.68. The molecule has 1 unspecified atom stereocenters. The highest BCUT2D eigenvalue weighted by atomic mass is 16.7. The number of hydrogen-bond donors (Lipinski definition) is 3. The number of nitrogens with one attached hydrogen (secondary N) is 1. The van der Waals surface area contributed by atoms with E-state index in [0.717, 1.165) is 65.4 Å². The fourth-order valence-electron chi connectivity index (χ4n) is 11.2. The molecule has 5 aliphatic rings.